The van der Waals surface area contributed by atoms with E-state index in [-0.39, 0.29) is 5.41 Å². The molecule has 0 aliphatic heterocycles. The third kappa shape index (κ3) is 1.30. The Morgan fingerprint density at radius 2 is 1.71 bits per heavy atom. The lowest BCUT2D eigenvalue weighted by Crippen LogP contribution is -2.21. The van der Waals surface area contributed by atoms with E-state index >= 15 is 0 Å². The van der Waals surface area contributed by atoms with Gasteiger partial charge >= 0.3 is 0 Å². The molecular formula is C21H14. The molecule has 0 radical (unpaired) electrons. The van der Waals surface area contributed by atoms with Gasteiger partial charge in [-0.2, -0.15) is 0 Å². The molecule has 0 nitrogen and oxygen atoms in total. The molecule has 3 aliphatic carbocycles. The van der Waals surface area contributed by atoms with Gasteiger partial charge in [0.15, 0.2) is 0 Å². The van der Waals surface area contributed by atoms with E-state index in [9.17, 15) is 0 Å². The first-order chi connectivity index (χ1) is 10.4. The average molecular weight is 266 g/mol. The molecule has 98 valence electrons. The number of hydrogen-bond donors (Lipinski definition) is 0. The predicted octanol–water partition coefficient (Wildman–Crippen LogP) is 5.30. The molecule has 0 N–H and O–H groups in total. The van der Waals surface area contributed by atoms with Crippen molar-refractivity contribution in [1.29, 1.82) is 0 Å². The van der Waals surface area contributed by atoms with E-state index in [1.807, 2.05) is 0 Å². The summed E-state index contributed by atoms with van der Waals surface area (Å²) in [5, 5.41) is 2.65. The zero-order valence-electron chi connectivity index (χ0n) is 11.6. The van der Waals surface area contributed by atoms with Crippen LogP contribution in [0.25, 0.3) is 22.4 Å². The van der Waals surface area contributed by atoms with Gasteiger partial charge in [-0.3, -0.25) is 0 Å². The summed E-state index contributed by atoms with van der Waals surface area (Å²) in [7, 11) is 0. The fourth-order valence-electron chi connectivity index (χ4n) is 3.83. The van der Waals surface area contributed by atoms with Gasteiger partial charge in [0.25, 0.3) is 0 Å². The van der Waals surface area contributed by atoms with Gasteiger partial charge in [0.1, 0.15) is 0 Å². The third-order valence-corrected chi connectivity index (χ3v) is 4.87. The predicted molar refractivity (Wildman–Crippen MR) is 89.8 cm³/mol. The van der Waals surface area contributed by atoms with Crippen LogP contribution in [0.4, 0.5) is 0 Å². The summed E-state index contributed by atoms with van der Waals surface area (Å²) >= 11 is 0. The first-order valence-electron chi connectivity index (χ1n) is 7.39. The van der Waals surface area contributed by atoms with Crippen LogP contribution in [-0.4, -0.2) is 0 Å². The van der Waals surface area contributed by atoms with E-state index in [0.717, 1.165) is 0 Å². The molecule has 1 spiro atoms. The van der Waals surface area contributed by atoms with Crippen LogP contribution < -0.4 is 0 Å². The van der Waals surface area contributed by atoms with Crippen LogP contribution in [0, 0.1) is 5.41 Å². The number of hydrogen-bond acceptors (Lipinski definition) is 0. The molecule has 0 aromatic heterocycles. The lowest BCUT2D eigenvalue weighted by molar-refractivity contribution is 0.809. The van der Waals surface area contributed by atoms with Crippen LogP contribution >= 0.6 is 0 Å². The summed E-state index contributed by atoms with van der Waals surface area (Å²) in [5.74, 6) is 0. The smallest absolute Gasteiger partial charge is 0.0575 e. The number of rotatable bonds is 0. The maximum absolute atomic E-state index is 2.35. The molecule has 0 fully saturated rings. The quantitative estimate of drug-likeness (QED) is 0.606. The molecule has 0 heterocycles. The SMILES string of the molecule is C1=CC2=CC=C3c4ccc5ccccc5c4C=CC23C=C1. The topological polar surface area (TPSA) is 0 Å². The highest BCUT2D eigenvalue weighted by Gasteiger charge is 2.39. The second-order valence-corrected chi connectivity index (χ2v) is 5.87. The fourth-order valence-corrected chi connectivity index (χ4v) is 3.83. The molecule has 0 heteroatoms. The van der Waals surface area contributed by atoms with Gasteiger partial charge in [0.05, 0.1) is 5.41 Å². The highest BCUT2D eigenvalue weighted by molar-refractivity contribution is 6.01. The average Bonchev–Trinajstić information content (AvgIpc) is 2.94. The minimum Gasteiger partial charge on any atom is -0.0658 e. The van der Waals surface area contributed by atoms with Crippen LogP contribution in [0.15, 0.2) is 84.5 Å². The first-order valence-corrected chi connectivity index (χ1v) is 7.39. The molecule has 2 aromatic rings. The third-order valence-electron chi connectivity index (χ3n) is 4.87. The Morgan fingerprint density at radius 1 is 0.762 bits per heavy atom. The van der Waals surface area contributed by atoms with E-state index in [1.54, 1.807) is 0 Å². The first kappa shape index (κ1) is 11.1. The summed E-state index contributed by atoms with van der Waals surface area (Å²) in [6.07, 6.45) is 18.0. The van der Waals surface area contributed by atoms with Gasteiger partial charge in [-0.05, 0) is 33.0 Å². The van der Waals surface area contributed by atoms with E-state index < -0.39 is 0 Å². The van der Waals surface area contributed by atoms with E-state index in [0.29, 0.717) is 0 Å². The lowest BCUT2D eigenvalue weighted by Gasteiger charge is -2.34. The number of fused-ring (bicyclic) bond motifs is 4. The molecule has 1 unspecified atom stereocenters. The van der Waals surface area contributed by atoms with Crippen LogP contribution in [0.2, 0.25) is 0 Å². The number of benzene rings is 2. The summed E-state index contributed by atoms with van der Waals surface area (Å²) in [6.45, 7) is 0. The summed E-state index contributed by atoms with van der Waals surface area (Å²) in [5.41, 5.74) is 5.45. The highest BCUT2D eigenvalue weighted by atomic mass is 14.4. The normalized spacial score (nSPS) is 24.4. The molecule has 2 aromatic carbocycles. The van der Waals surface area contributed by atoms with E-state index in [4.69, 9.17) is 0 Å². The second kappa shape index (κ2) is 3.73. The standard InChI is InChI=1S/C21H14/c1-2-7-17-15(5-1)8-10-19-18(17)12-14-21-13-4-3-6-16(21)9-11-20(19)21/h1-14H. The monoisotopic (exact) mass is 266 g/mol. The van der Waals surface area contributed by atoms with Crippen LogP contribution in [0.3, 0.4) is 0 Å². The van der Waals surface area contributed by atoms with E-state index in [1.165, 1.54) is 33.0 Å². The Kier molecular flexibility index (Phi) is 1.97. The van der Waals surface area contributed by atoms with Crippen molar-refractivity contribution in [3.63, 3.8) is 0 Å². The Hall–Kier alpha value is -2.60. The molecule has 0 saturated heterocycles. The largest absolute Gasteiger partial charge is 0.0658 e. The molecule has 3 aliphatic rings. The van der Waals surface area contributed by atoms with Crippen molar-refractivity contribution in [3.05, 3.63) is 95.6 Å². The second-order valence-electron chi connectivity index (χ2n) is 5.87. The maximum Gasteiger partial charge on any atom is 0.0575 e. The lowest BCUT2D eigenvalue weighted by atomic mass is 9.68. The Bertz CT molecular complexity index is 932. The molecular weight excluding hydrogens is 252 g/mol. The van der Waals surface area contributed by atoms with Crippen LogP contribution in [0.1, 0.15) is 11.1 Å². The summed E-state index contributed by atoms with van der Waals surface area (Å²) in [4.78, 5) is 0. The van der Waals surface area contributed by atoms with Crippen molar-refractivity contribution < 1.29 is 0 Å². The summed E-state index contributed by atoms with van der Waals surface area (Å²) < 4.78 is 0. The van der Waals surface area contributed by atoms with Gasteiger partial charge < -0.3 is 0 Å². The van der Waals surface area contributed by atoms with Crippen molar-refractivity contribution in [2.75, 3.05) is 0 Å². The Morgan fingerprint density at radius 3 is 2.71 bits per heavy atom. The van der Waals surface area contributed by atoms with Crippen molar-refractivity contribution in [2.45, 2.75) is 0 Å². The molecule has 5 rings (SSSR count). The minimum atomic E-state index is -0.0375. The Labute approximate surface area is 124 Å². The van der Waals surface area contributed by atoms with Crippen molar-refractivity contribution >= 4 is 22.4 Å². The zero-order chi connectivity index (χ0) is 13.9. The van der Waals surface area contributed by atoms with Gasteiger partial charge in [-0.25, -0.2) is 0 Å². The zero-order valence-corrected chi connectivity index (χ0v) is 11.6. The van der Waals surface area contributed by atoms with Crippen LogP contribution in [0.5, 0.6) is 0 Å². The van der Waals surface area contributed by atoms with Gasteiger partial charge in [0, 0.05) is 0 Å². The van der Waals surface area contributed by atoms with Crippen LogP contribution in [-0.2, 0) is 0 Å². The molecule has 0 amide bonds. The maximum atomic E-state index is 2.35. The van der Waals surface area contributed by atoms with Crippen molar-refractivity contribution in [3.8, 4) is 0 Å². The van der Waals surface area contributed by atoms with Crippen molar-refractivity contribution in [2.24, 2.45) is 5.41 Å². The van der Waals surface area contributed by atoms with E-state index in [2.05, 4.69) is 85.0 Å². The molecule has 21 heavy (non-hydrogen) atoms. The number of allylic oxidation sites excluding steroid dienone is 9. The van der Waals surface area contributed by atoms with Gasteiger partial charge in [0.2, 0.25) is 0 Å². The summed E-state index contributed by atoms with van der Waals surface area (Å²) in [6, 6.07) is 13.1. The Balaban J connectivity index is 1.83. The molecule has 1 atom stereocenters. The molecule has 0 bridgehead atoms. The molecule has 0 saturated carbocycles. The van der Waals surface area contributed by atoms with Gasteiger partial charge in [-0.1, -0.05) is 85.0 Å². The highest BCUT2D eigenvalue weighted by Crippen LogP contribution is 2.54. The van der Waals surface area contributed by atoms with Crippen molar-refractivity contribution in [1.82, 2.24) is 0 Å². The fraction of sp³-hybridized carbons (Fsp3) is 0.0476. The van der Waals surface area contributed by atoms with Gasteiger partial charge in [-0.15, -0.1) is 0 Å². The minimum absolute atomic E-state index is 0.0375.